The van der Waals surface area contributed by atoms with Gasteiger partial charge in [0.25, 0.3) is 0 Å². The lowest BCUT2D eigenvalue weighted by Crippen LogP contribution is -2.21. The van der Waals surface area contributed by atoms with Gasteiger partial charge in [0, 0.05) is 19.7 Å². The molecule has 0 bridgehead atoms. The second kappa shape index (κ2) is 17.3. The van der Waals surface area contributed by atoms with Crippen molar-refractivity contribution in [3.8, 4) is 0 Å². The fraction of sp³-hybridized carbons (Fsp3) is 1.00. The lowest BCUT2D eigenvalue weighted by molar-refractivity contribution is 0.0401. The van der Waals surface area contributed by atoms with E-state index in [0.29, 0.717) is 12.0 Å². The minimum absolute atomic E-state index is 0.469. The second-order valence-corrected chi connectivity index (χ2v) is 8.35. The minimum atomic E-state index is 0.469. The van der Waals surface area contributed by atoms with Crippen LogP contribution < -0.4 is 5.32 Å². The normalized spacial score (nSPS) is 20.4. The molecule has 1 rings (SSSR count). The highest BCUT2D eigenvalue weighted by atomic mass is 16.5. The average Bonchev–Trinajstić information content (AvgIpc) is 3.02. The summed E-state index contributed by atoms with van der Waals surface area (Å²) in [6.07, 6.45) is 23.4. The van der Waals surface area contributed by atoms with Gasteiger partial charge in [-0.2, -0.15) is 0 Å². The predicted molar refractivity (Wildman–Crippen MR) is 111 cm³/mol. The topological polar surface area (TPSA) is 21.3 Å². The van der Waals surface area contributed by atoms with E-state index in [1.807, 2.05) is 0 Å². The molecule has 2 nitrogen and oxygen atoms in total. The zero-order valence-corrected chi connectivity index (χ0v) is 17.5. The maximum Gasteiger partial charge on any atom is 0.0736 e. The van der Waals surface area contributed by atoms with Crippen molar-refractivity contribution < 1.29 is 4.74 Å². The molecule has 0 radical (unpaired) electrons. The van der Waals surface area contributed by atoms with Crippen LogP contribution in [0.25, 0.3) is 0 Å². The van der Waals surface area contributed by atoms with Gasteiger partial charge in [0.1, 0.15) is 0 Å². The maximum absolute atomic E-state index is 5.97. The van der Waals surface area contributed by atoms with E-state index >= 15 is 0 Å². The first-order valence-corrected chi connectivity index (χ1v) is 11.7. The van der Waals surface area contributed by atoms with Crippen LogP contribution in [0.3, 0.4) is 0 Å². The Labute approximate surface area is 158 Å². The molecule has 1 fully saturated rings. The molecule has 1 saturated heterocycles. The quantitative estimate of drug-likeness (QED) is 0.271. The van der Waals surface area contributed by atoms with E-state index in [-0.39, 0.29) is 0 Å². The lowest BCUT2D eigenvalue weighted by Gasteiger charge is -2.15. The van der Waals surface area contributed by atoms with Gasteiger partial charge in [-0.3, -0.25) is 0 Å². The van der Waals surface area contributed by atoms with Crippen LogP contribution in [0.2, 0.25) is 0 Å². The average molecular weight is 354 g/mol. The Balaban J connectivity index is 1.67. The number of unbranched alkanes of at least 4 members (excludes halogenated alkanes) is 15. The van der Waals surface area contributed by atoms with Crippen LogP contribution in [-0.4, -0.2) is 25.8 Å². The van der Waals surface area contributed by atoms with Gasteiger partial charge in [-0.1, -0.05) is 110 Å². The Morgan fingerprint density at radius 3 is 1.48 bits per heavy atom. The van der Waals surface area contributed by atoms with Crippen LogP contribution in [0.4, 0.5) is 0 Å². The third kappa shape index (κ3) is 13.7. The van der Waals surface area contributed by atoms with Crippen molar-refractivity contribution in [2.45, 2.75) is 123 Å². The molecule has 0 spiro atoms. The van der Waals surface area contributed by atoms with Gasteiger partial charge in [0.05, 0.1) is 6.10 Å². The highest BCUT2D eigenvalue weighted by molar-refractivity contribution is 4.78. The fourth-order valence-electron chi connectivity index (χ4n) is 3.89. The van der Waals surface area contributed by atoms with Crippen molar-refractivity contribution in [3.05, 3.63) is 0 Å². The molecule has 150 valence electrons. The molecule has 0 aromatic heterocycles. The standard InChI is InChI=1S/C23H47NO/c1-3-4-5-6-7-8-9-10-11-12-13-14-15-16-17-18-19-25-23-21-24-20-22(23)2/h22-24H,3-21H2,1-2H3. The Kier molecular flexibility index (Phi) is 15.9. The highest BCUT2D eigenvalue weighted by Gasteiger charge is 2.22. The third-order valence-electron chi connectivity index (χ3n) is 5.78. The fourth-order valence-corrected chi connectivity index (χ4v) is 3.89. The lowest BCUT2D eigenvalue weighted by atomic mass is 10.0. The third-order valence-corrected chi connectivity index (χ3v) is 5.78. The highest BCUT2D eigenvalue weighted by Crippen LogP contribution is 2.15. The first-order chi connectivity index (χ1) is 12.3. The maximum atomic E-state index is 5.97. The summed E-state index contributed by atoms with van der Waals surface area (Å²) in [7, 11) is 0. The zero-order valence-electron chi connectivity index (χ0n) is 17.5. The Hall–Kier alpha value is -0.0800. The summed E-state index contributed by atoms with van der Waals surface area (Å²) in [5.74, 6) is 0.695. The molecule has 25 heavy (non-hydrogen) atoms. The predicted octanol–water partition coefficient (Wildman–Crippen LogP) is 6.87. The number of rotatable bonds is 18. The van der Waals surface area contributed by atoms with E-state index in [1.165, 1.54) is 103 Å². The zero-order chi connectivity index (χ0) is 18.0. The molecule has 1 aliphatic heterocycles. The van der Waals surface area contributed by atoms with Crippen LogP contribution in [0.1, 0.15) is 117 Å². The van der Waals surface area contributed by atoms with Crippen molar-refractivity contribution in [2.75, 3.05) is 19.7 Å². The first-order valence-electron chi connectivity index (χ1n) is 11.7. The van der Waals surface area contributed by atoms with Gasteiger partial charge >= 0.3 is 0 Å². The smallest absolute Gasteiger partial charge is 0.0736 e. The number of hydrogen-bond acceptors (Lipinski definition) is 2. The molecule has 1 heterocycles. The van der Waals surface area contributed by atoms with E-state index < -0.39 is 0 Å². The van der Waals surface area contributed by atoms with Crippen molar-refractivity contribution in [2.24, 2.45) is 5.92 Å². The van der Waals surface area contributed by atoms with Crippen LogP contribution in [0, 0.1) is 5.92 Å². The molecule has 0 aliphatic carbocycles. The van der Waals surface area contributed by atoms with Crippen LogP contribution in [0.15, 0.2) is 0 Å². The van der Waals surface area contributed by atoms with E-state index in [0.717, 1.165) is 19.7 Å². The molecular weight excluding hydrogens is 306 g/mol. The van der Waals surface area contributed by atoms with Gasteiger partial charge in [-0.05, 0) is 12.3 Å². The molecule has 0 amide bonds. The van der Waals surface area contributed by atoms with Crippen molar-refractivity contribution >= 4 is 0 Å². The summed E-state index contributed by atoms with van der Waals surface area (Å²) in [6.45, 7) is 7.74. The molecule has 2 atom stereocenters. The van der Waals surface area contributed by atoms with Crippen LogP contribution >= 0.6 is 0 Å². The number of nitrogens with one attached hydrogen (secondary N) is 1. The van der Waals surface area contributed by atoms with Gasteiger partial charge in [-0.15, -0.1) is 0 Å². The summed E-state index contributed by atoms with van der Waals surface area (Å²) >= 11 is 0. The number of ether oxygens (including phenoxy) is 1. The van der Waals surface area contributed by atoms with E-state index in [4.69, 9.17) is 4.74 Å². The Bertz CT molecular complexity index is 269. The summed E-state index contributed by atoms with van der Waals surface area (Å²) in [5.41, 5.74) is 0. The second-order valence-electron chi connectivity index (χ2n) is 8.35. The summed E-state index contributed by atoms with van der Waals surface area (Å²) in [4.78, 5) is 0. The summed E-state index contributed by atoms with van der Waals surface area (Å²) in [6, 6.07) is 0. The van der Waals surface area contributed by atoms with E-state index in [2.05, 4.69) is 19.2 Å². The molecule has 2 unspecified atom stereocenters. The summed E-state index contributed by atoms with van der Waals surface area (Å²) in [5, 5.41) is 3.40. The molecule has 1 N–H and O–H groups in total. The van der Waals surface area contributed by atoms with Crippen LogP contribution in [-0.2, 0) is 4.74 Å². The molecule has 0 aromatic rings. The SMILES string of the molecule is CCCCCCCCCCCCCCCCCCOC1CNCC1C. The molecule has 1 aliphatic rings. The van der Waals surface area contributed by atoms with E-state index in [1.54, 1.807) is 0 Å². The van der Waals surface area contributed by atoms with Crippen molar-refractivity contribution in [3.63, 3.8) is 0 Å². The largest absolute Gasteiger partial charge is 0.377 e. The van der Waals surface area contributed by atoms with Crippen molar-refractivity contribution in [1.29, 1.82) is 0 Å². The van der Waals surface area contributed by atoms with Crippen LogP contribution in [0.5, 0.6) is 0 Å². The van der Waals surface area contributed by atoms with Gasteiger partial charge in [0.2, 0.25) is 0 Å². The van der Waals surface area contributed by atoms with Gasteiger partial charge in [0.15, 0.2) is 0 Å². The number of hydrogen-bond donors (Lipinski definition) is 1. The van der Waals surface area contributed by atoms with Crippen molar-refractivity contribution in [1.82, 2.24) is 5.32 Å². The minimum Gasteiger partial charge on any atom is -0.377 e. The van der Waals surface area contributed by atoms with Gasteiger partial charge < -0.3 is 10.1 Å². The summed E-state index contributed by atoms with van der Waals surface area (Å²) < 4.78 is 5.97. The first kappa shape index (κ1) is 23.0. The van der Waals surface area contributed by atoms with Gasteiger partial charge in [-0.25, -0.2) is 0 Å². The molecule has 2 heteroatoms. The molecule has 0 saturated carbocycles. The molecule has 0 aromatic carbocycles. The Morgan fingerprint density at radius 2 is 1.08 bits per heavy atom. The monoisotopic (exact) mass is 353 g/mol. The molecular formula is C23H47NO. The van der Waals surface area contributed by atoms with E-state index in [9.17, 15) is 0 Å². The Morgan fingerprint density at radius 1 is 0.640 bits per heavy atom.